The van der Waals surface area contributed by atoms with Crippen molar-refractivity contribution in [1.82, 2.24) is 0 Å². The summed E-state index contributed by atoms with van der Waals surface area (Å²) < 4.78 is 0. The van der Waals surface area contributed by atoms with Crippen LogP contribution in [0.25, 0.3) is 0 Å². The van der Waals surface area contributed by atoms with Gasteiger partial charge >= 0.3 is 17.9 Å². The largest absolute Gasteiger partial charge is 0.481 e. The fourth-order valence-electron chi connectivity index (χ4n) is 6.08. The molecule has 0 fully saturated rings. The van der Waals surface area contributed by atoms with Gasteiger partial charge in [0.05, 0.1) is 18.3 Å². The summed E-state index contributed by atoms with van der Waals surface area (Å²) in [6.07, 6.45) is 65.6. The predicted molar refractivity (Wildman–Crippen MR) is 283 cm³/mol. The Balaban J connectivity index is -0.000000918. The fourth-order valence-corrected chi connectivity index (χ4v) is 6.08. The van der Waals surface area contributed by atoms with Gasteiger partial charge in [-0.25, -0.2) is 0 Å². The number of aliphatic hydroxyl groups is 3. The lowest BCUT2D eigenvalue weighted by molar-refractivity contribution is -0.138. The summed E-state index contributed by atoms with van der Waals surface area (Å²) >= 11 is 0. The lowest BCUT2D eigenvalue weighted by Gasteiger charge is -2.03. The van der Waals surface area contributed by atoms with Crippen LogP contribution in [0.1, 0.15) is 207 Å². The fraction of sp³-hybridized carbons (Fsp3) is 0.603. The molecule has 0 unspecified atom stereocenters. The lowest BCUT2D eigenvalue weighted by atomic mass is 10.1. The van der Waals surface area contributed by atoms with E-state index in [2.05, 4.69) is 57.2 Å². The molecule has 0 rings (SSSR count). The Hall–Kier alpha value is -4.31. The van der Waals surface area contributed by atoms with Crippen LogP contribution in [0.15, 0.2) is 122 Å². The Labute approximate surface area is 408 Å². The highest BCUT2D eigenvalue weighted by Gasteiger charge is 1.99. The van der Waals surface area contributed by atoms with Crippen LogP contribution < -0.4 is 0 Å². The summed E-state index contributed by atoms with van der Waals surface area (Å²) in [4.78, 5) is 31.0. The van der Waals surface area contributed by atoms with E-state index in [-0.39, 0.29) is 25.0 Å². The number of carboxylic acid groups (broad SMARTS) is 3. The van der Waals surface area contributed by atoms with Gasteiger partial charge in [-0.05, 0) is 96.3 Å². The van der Waals surface area contributed by atoms with Crippen molar-refractivity contribution in [3.63, 3.8) is 0 Å². The highest BCUT2D eigenvalue weighted by molar-refractivity contribution is 5.67. The maximum absolute atomic E-state index is 10.3. The number of aliphatic hydroxyl groups excluding tert-OH is 3. The van der Waals surface area contributed by atoms with E-state index in [1.54, 1.807) is 6.08 Å². The molecule has 3 atom stereocenters. The normalized spacial score (nSPS) is 13.6. The van der Waals surface area contributed by atoms with Crippen molar-refractivity contribution in [3.8, 4) is 0 Å². The van der Waals surface area contributed by atoms with Crippen LogP contribution in [0.3, 0.4) is 0 Å². The molecule has 0 aliphatic heterocycles. The van der Waals surface area contributed by atoms with E-state index in [1.807, 2.05) is 79.0 Å². The number of rotatable bonds is 42. The van der Waals surface area contributed by atoms with Gasteiger partial charge in [-0.2, -0.15) is 0 Å². The van der Waals surface area contributed by atoms with E-state index in [9.17, 15) is 29.7 Å². The van der Waals surface area contributed by atoms with Crippen molar-refractivity contribution >= 4 is 17.9 Å². The molecule has 0 aromatic rings. The minimum absolute atomic E-state index is 0.230. The first-order valence-electron chi connectivity index (χ1n) is 25.8. The molecule has 6 N–H and O–H groups in total. The molecule has 0 bridgehead atoms. The van der Waals surface area contributed by atoms with E-state index >= 15 is 0 Å². The van der Waals surface area contributed by atoms with Crippen LogP contribution >= 0.6 is 0 Å². The molecule has 9 heteroatoms. The molecule has 0 saturated heterocycles. The molecular weight excluding hydrogens is 841 g/mol. The molecule has 0 aliphatic rings. The van der Waals surface area contributed by atoms with Gasteiger partial charge in [0.1, 0.15) is 0 Å². The smallest absolute Gasteiger partial charge is 0.303 e. The number of hydrogen-bond donors (Lipinski definition) is 6. The van der Waals surface area contributed by atoms with Crippen molar-refractivity contribution in [2.45, 2.75) is 225 Å². The molecule has 0 radical (unpaired) electrons. The van der Waals surface area contributed by atoms with E-state index in [0.29, 0.717) is 25.7 Å². The standard InChI is InChI=1S/2C20H32O3.C18H32O3/c1-2-3-13-16-19(21)17-14-11-9-7-5-4-6-8-10-12-15-18-20(22)23;1-2-3-4-5-10-13-16-19(21)17-14-11-8-6-7-9-12-15-18-20(22)23;1-2-3-11-14-17(19)15-12-9-7-5-4-6-8-10-13-16-18(20)21/h4-5,8-11,14,17,19,21H,2-3,6-7,12-13,15-16,18H2,1H3,(H,22,23);7-11,13-14,17,19,21H,2-6,12,15-16,18H2,1H3,(H,22,23);7,9,12,15,17,19H,2-6,8,10-11,13-14,16H2,1H3,(H,20,21)/b5-4-,10-8-,11-9-,17-14+;9-7-,11-8-,13-10-,17-14+;9-7-,15-12+/t2*19-;17-/m000/s1. The van der Waals surface area contributed by atoms with Gasteiger partial charge in [-0.1, -0.05) is 213 Å². The van der Waals surface area contributed by atoms with E-state index in [0.717, 1.165) is 103 Å². The molecule has 0 amide bonds. The van der Waals surface area contributed by atoms with Crippen LogP contribution in [0.4, 0.5) is 0 Å². The monoisotopic (exact) mass is 937 g/mol. The zero-order valence-electron chi connectivity index (χ0n) is 42.2. The second-order valence-electron chi connectivity index (χ2n) is 16.7. The van der Waals surface area contributed by atoms with Crippen molar-refractivity contribution in [2.75, 3.05) is 0 Å². The Kier molecular flexibility index (Phi) is 57.8. The Morgan fingerprint density at radius 1 is 0.343 bits per heavy atom. The number of carbonyl (C=O) groups is 3. The van der Waals surface area contributed by atoms with Gasteiger partial charge in [0, 0.05) is 19.3 Å². The van der Waals surface area contributed by atoms with Gasteiger partial charge in [0.2, 0.25) is 0 Å². The van der Waals surface area contributed by atoms with Crippen LogP contribution in [0, 0.1) is 0 Å². The zero-order valence-corrected chi connectivity index (χ0v) is 42.2. The summed E-state index contributed by atoms with van der Waals surface area (Å²) in [7, 11) is 0. The summed E-state index contributed by atoms with van der Waals surface area (Å²) in [5, 5.41) is 54.6. The highest BCUT2D eigenvalue weighted by atomic mass is 16.4. The maximum Gasteiger partial charge on any atom is 0.303 e. The van der Waals surface area contributed by atoms with Gasteiger partial charge < -0.3 is 30.6 Å². The Morgan fingerprint density at radius 3 is 1.18 bits per heavy atom. The first kappa shape index (κ1) is 67.0. The van der Waals surface area contributed by atoms with Gasteiger partial charge in [-0.3, -0.25) is 14.4 Å². The minimum atomic E-state index is -0.738. The first-order chi connectivity index (χ1) is 32.5. The molecule has 0 saturated carbocycles. The van der Waals surface area contributed by atoms with Gasteiger partial charge in [0.25, 0.3) is 0 Å². The molecule has 9 nitrogen and oxygen atoms in total. The topological polar surface area (TPSA) is 173 Å². The predicted octanol–water partition coefficient (Wildman–Crippen LogP) is 15.2. The Morgan fingerprint density at radius 2 is 0.687 bits per heavy atom. The average Bonchev–Trinajstić information content (AvgIpc) is 3.29. The SMILES string of the molecule is CCCCC/C=C\C[C@H](O)/C=C/C=C\C/C=C\CCCC(=O)O.CCCCC[C@H](O)/C=C/C=C\C/C=C\C/C=C\CCCC(=O)O.CCCCC[C@H](O)/C=C/C=C\CCCCCCCC(=O)O. The minimum Gasteiger partial charge on any atom is -0.481 e. The second kappa shape index (κ2) is 57.8. The molecular formula is C58H96O9. The van der Waals surface area contributed by atoms with Gasteiger partial charge in [-0.15, -0.1) is 0 Å². The quantitative estimate of drug-likeness (QED) is 0.0198. The number of allylic oxidation sites excluding steroid dienone is 16. The van der Waals surface area contributed by atoms with Crippen molar-refractivity contribution in [2.24, 2.45) is 0 Å². The molecule has 0 spiro atoms. The average molecular weight is 937 g/mol. The van der Waals surface area contributed by atoms with Crippen molar-refractivity contribution < 1.29 is 45.0 Å². The third-order valence-corrected chi connectivity index (χ3v) is 10.1. The second-order valence-corrected chi connectivity index (χ2v) is 16.7. The van der Waals surface area contributed by atoms with Crippen LogP contribution in [-0.2, 0) is 14.4 Å². The lowest BCUT2D eigenvalue weighted by Crippen LogP contribution is -2.00. The summed E-state index contributed by atoms with van der Waals surface area (Å²) in [5.74, 6) is -2.16. The van der Waals surface area contributed by atoms with E-state index in [4.69, 9.17) is 15.3 Å². The Bertz CT molecular complexity index is 1410. The van der Waals surface area contributed by atoms with E-state index < -0.39 is 24.0 Å². The van der Waals surface area contributed by atoms with Gasteiger partial charge in [0.15, 0.2) is 0 Å². The zero-order chi connectivity index (χ0) is 50.1. The molecule has 0 aromatic heterocycles. The number of carboxylic acids is 3. The number of unbranched alkanes of at least 4 members (excludes halogenated alkanes) is 14. The first-order valence-corrected chi connectivity index (χ1v) is 25.8. The van der Waals surface area contributed by atoms with Crippen LogP contribution in [0.5, 0.6) is 0 Å². The summed E-state index contributed by atoms with van der Waals surface area (Å²) in [6, 6.07) is 0. The summed E-state index contributed by atoms with van der Waals surface area (Å²) in [5.41, 5.74) is 0. The molecule has 0 aliphatic carbocycles. The van der Waals surface area contributed by atoms with Crippen molar-refractivity contribution in [1.29, 1.82) is 0 Å². The molecule has 0 heterocycles. The summed E-state index contributed by atoms with van der Waals surface area (Å²) in [6.45, 7) is 6.52. The molecule has 382 valence electrons. The van der Waals surface area contributed by atoms with Crippen LogP contribution in [-0.4, -0.2) is 66.9 Å². The number of aliphatic carboxylic acids is 3. The highest BCUT2D eigenvalue weighted by Crippen LogP contribution is 2.09. The number of hydrogen-bond acceptors (Lipinski definition) is 6. The maximum atomic E-state index is 10.3. The van der Waals surface area contributed by atoms with Crippen molar-refractivity contribution in [3.05, 3.63) is 122 Å². The van der Waals surface area contributed by atoms with E-state index in [1.165, 1.54) is 44.9 Å². The third kappa shape index (κ3) is 68.4. The molecule has 0 aromatic carbocycles. The van der Waals surface area contributed by atoms with Crippen LogP contribution in [0.2, 0.25) is 0 Å². The molecule has 67 heavy (non-hydrogen) atoms. The third-order valence-electron chi connectivity index (χ3n) is 10.1.